The van der Waals surface area contributed by atoms with Crippen molar-refractivity contribution in [2.75, 3.05) is 22.5 Å². The summed E-state index contributed by atoms with van der Waals surface area (Å²) in [4.78, 5) is 25.4. The van der Waals surface area contributed by atoms with Gasteiger partial charge in [-0.1, -0.05) is 29.8 Å². The van der Waals surface area contributed by atoms with Gasteiger partial charge in [-0.15, -0.1) is 0 Å². The molecule has 0 saturated carbocycles. The zero-order chi connectivity index (χ0) is 27.9. The van der Waals surface area contributed by atoms with E-state index < -0.39 is 22.0 Å². The summed E-state index contributed by atoms with van der Waals surface area (Å²) in [5.74, 6) is -0.349. The second-order valence-corrected chi connectivity index (χ2v) is 10.7. The van der Waals surface area contributed by atoms with Gasteiger partial charge in [0.2, 0.25) is 10.0 Å². The van der Waals surface area contributed by atoms with Gasteiger partial charge in [0.15, 0.2) is 0 Å². The first-order chi connectivity index (χ1) is 18.0. The van der Waals surface area contributed by atoms with E-state index in [-0.39, 0.29) is 5.91 Å². The molecule has 0 bridgehead atoms. The quantitative estimate of drug-likeness (QED) is 0.277. The molecule has 3 aromatic rings. The number of sulfonamides is 1. The zero-order valence-electron chi connectivity index (χ0n) is 21.4. The second kappa shape index (κ2) is 12.6. The Balaban J connectivity index is 1.72. The highest BCUT2D eigenvalue weighted by Gasteiger charge is 2.29. The van der Waals surface area contributed by atoms with E-state index in [4.69, 9.17) is 16.3 Å². The highest BCUT2D eigenvalue weighted by atomic mass is 35.5. The SMILES string of the molecule is CCOc1ccc(N([C@@H](C)C(=O)N/N=C(/C)c2cccc(NC(=O)c3cccc(Cl)c3)c2)S(C)(=O)=O)cc1. The van der Waals surface area contributed by atoms with Crippen molar-refractivity contribution < 1.29 is 22.7 Å². The molecule has 0 aromatic heterocycles. The smallest absolute Gasteiger partial charge is 0.263 e. The number of nitrogens with one attached hydrogen (secondary N) is 2. The molecule has 1 atom stereocenters. The number of hydrogen-bond donors (Lipinski definition) is 2. The molecule has 200 valence electrons. The van der Waals surface area contributed by atoms with E-state index in [1.54, 1.807) is 79.7 Å². The molecule has 0 aliphatic carbocycles. The summed E-state index contributed by atoms with van der Waals surface area (Å²) in [5.41, 5.74) is 4.81. The lowest BCUT2D eigenvalue weighted by molar-refractivity contribution is -0.121. The summed E-state index contributed by atoms with van der Waals surface area (Å²) in [6.45, 7) is 5.48. The van der Waals surface area contributed by atoms with E-state index in [0.717, 1.165) is 10.6 Å². The van der Waals surface area contributed by atoms with Crippen molar-refractivity contribution in [3.63, 3.8) is 0 Å². The number of halogens is 1. The molecule has 0 fully saturated rings. The average molecular weight is 557 g/mol. The van der Waals surface area contributed by atoms with Crippen molar-refractivity contribution >= 4 is 50.5 Å². The predicted octanol–water partition coefficient (Wildman–Crippen LogP) is 4.69. The third-order valence-corrected chi connectivity index (χ3v) is 6.93. The van der Waals surface area contributed by atoms with Crippen LogP contribution in [0.3, 0.4) is 0 Å². The molecular formula is C27H29ClN4O5S. The molecule has 0 aliphatic heterocycles. The van der Waals surface area contributed by atoms with Crippen LogP contribution in [0.1, 0.15) is 36.7 Å². The zero-order valence-corrected chi connectivity index (χ0v) is 23.0. The number of hydrazone groups is 1. The largest absolute Gasteiger partial charge is 0.494 e. The van der Waals surface area contributed by atoms with Crippen LogP contribution in [0.5, 0.6) is 5.75 Å². The Morgan fingerprint density at radius 2 is 1.68 bits per heavy atom. The van der Waals surface area contributed by atoms with Gasteiger partial charge < -0.3 is 10.1 Å². The number of amides is 2. The lowest BCUT2D eigenvalue weighted by atomic mass is 10.1. The van der Waals surface area contributed by atoms with E-state index in [9.17, 15) is 18.0 Å². The molecular weight excluding hydrogens is 528 g/mol. The molecule has 0 saturated heterocycles. The summed E-state index contributed by atoms with van der Waals surface area (Å²) in [6.07, 6.45) is 1.03. The number of rotatable bonds is 10. The molecule has 0 unspecified atom stereocenters. The first-order valence-electron chi connectivity index (χ1n) is 11.7. The molecule has 3 aromatic carbocycles. The number of nitrogens with zero attached hydrogens (tertiary/aromatic N) is 2. The van der Waals surface area contributed by atoms with Crippen LogP contribution in [-0.2, 0) is 14.8 Å². The van der Waals surface area contributed by atoms with Crippen LogP contribution in [-0.4, -0.2) is 44.8 Å². The van der Waals surface area contributed by atoms with E-state index in [1.165, 1.54) is 6.92 Å². The molecule has 2 amide bonds. The summed E-state index contributed by atoms with van der Waals surface area (Å²) < 4.78 is 31.5. The fourth-order valence-electron chi connectivity index (χ4n) is 3.62. The van der Waals surface area contributed by atoms with Gasteiger partial charge in [0, 0.05) is 16.3 Å². The van der Waals surface area contributed by atoms with Crippen LogP contribution in [0, 0.1) is 0 Å². The van der Waals surface area contributed by atoms with Gasteiger partial charge in [-0.3, -0.25) is 13.9 Å². The van der Waals surface area contributed by atoms with Crippen LogP contribution in [0.15, 0.2) is 77.9 Å². The minimum atomic E-state index is -3.79. The third kappa shape index (κ3) is 7.56. The topological polar surface area (TPSA) is 117 Å². The Morgan fingerprint density at radius 1 is 1.03 bits per heavy atom. The molecule has 0 aliphatic rings. The molecule has 2 N–H and O–H groups in total. The number of benzene rings is 3. The van der Waals surface area contributed by atoms with E-state index in [1.807, 2.05) is 6.92 Å². The first kappa shape index (κ1) is 28.7. The Hall–Kier alpha value is -3.89. The fourth-order valence-corrected chi connectivity index (χ4v) is 4.98. The van der Waals surface area contributed by atoms with E-state index in [0.29, 0.717) is 45.6 Å². The van der Waals surface area contributed by atoms with Crippen LogP contribution < -0.4 is 19.8 Å². The Labute approximate surface area is 227 Å². The van der Waals surface area contributed by atoms with Crippen molar-refractivity contribution in [3.8, 4) is 5.75 Å². The Kier molecular flexibility index (Phi) is 9.49. The highest BCUT2D eigenvalue weighted by molar-refractivity contribution is 7.92. The van der Waals surface area contributed by atoms with Gasteiger partial charge in [-0.25, -0.2) is 13.8 Å². The van der Waals surface area contributed by atoms with Gasteiger partial charge >= 0.3 is 0 Å². The maximum absolute atomic E-state index is 12.9. The van der Waals surface area contributed by atoms with Gasteiger partial charge in [0.25, 0.3) is 11.8 Å². The van der Waals surface area contributed by atoms with Gasteiger partial charge in [-0.2, -0.15) is 5.10 Å². The Morgan fingerprint density at radius 3 is 2.32 bits per heavy atom. The minimum Gasteiger partial charge on any atom is -0.494 e. The van der Waals surface area contributed by atoms with Crippen molar-refractivity contribution in [2.24, 2.45) is 5.10 Å². The van der Waals surface area contributed by atoms with Gasteiger partial charge in [-0.05, 0) is 80.9 Å². The molecule has 0 radical (unpaired) electrons. The van der Waals surface area contributed by atoms with E-state index in [2.05, 4.69) is 15.8 Å². The third-order valence-electron chi connectivity index (χ3n) is 5.45. The summed E-state index contributed by atoms with van der Waals surface area (Å²) in [7, 11) is -3.79. The summed E-state index contributed by atoms with van der Waals surface area (Å²) in [6, 6.07) is 18.9. The average Bonchev–Trinajstić information content (AvgIpc) is 2.87. The second-order valence-electron chi connectivity index (χ2n) is 8.38. The van der Waals surface area contributed by atoms with Crippen LogP contribution in [0.25, 0.3) is 0 Å². The lowest BCUT2D eigenvalue weighted by Gasteiger charge is -2.27. The van der Waals surface area contributed by atoms with Crippen LogP contribution in [0.2, 0.25) is 5.02 Å². The molecule has 3 rings (SSSR count). The Bertz CT molecular complexity index is 1440. The molecule has 0 spiro atoms. The summed E-state index contributed by atoms with van der Waals surface area (Å²) >= 11 is 5.97. The number of carbonyl (C=O) groups is 2. The van der Waals surface area contributed by atoms with Gasteiger partial charge in [0.05, 0.1) is 24.3 Å². The van der Waals surface area contributed by atoms with Crippen LogP contribution in [0.4, 0.5) is 11.4 Å². The highest BCUT2D eigenvalue weighted by Crippen LogP contribution is 2.24. The maximum atomic E-state index is 12.9. The summed E-state index contributed by atoms with van der Waals surface area (Å²) in [5, 5.41) is 7.41. The standard InChI is InChI=1S/C27H29ClN4O5S/c1-5-37-25-14-12-24(13-15-25)32(38(4,35)36)19(3)26(33)31-30-18(2)20-8-7-11-23(17-20)29-27(34)21-9-6-10-22(28)16-21/h6-17,19H,5H2,1-4H3,(H,29,34)(H,31,33)/b30-18-/t19-/m0/s1. The molecule has 9 nitrogen and oxygen atoms in total. The fraction of sp³-hybridized carbons (Fsp3) is 0.222. The number of anilines is 2. The first-order valence-corrected chi connectivity index (χ1v) is 14.0. The van der Waals surface area contributed by atoms with Crippen molar-refractivity contribution in [1.82, 2.24) is 5.43 Å². The number of carbonyl (C=O) groups excluding carboxylic acids is 2. The van der Waals surface area contributed by atoms with Crippen molar-refractivity contribution in [3.05, 3.63) is 88.9 Å². The molecule has 11 heteroatoms. The number of ether oxygens (including phenoxy) is 1. The van der Waals surface area contributed by atoms with Gasteiger partial charge in [0.1, 0.15) is 11.8 Å². The molecule has 38 heavy (non-hydrogen) atoms. The maximum Gasteiger partial charge on any atom is 0.263 e. The minimum absolute atomic E-state index is 0.322. The number of hydrogen-bond acceptors (Lipinski definition) is 6. The van der Waals surface area contributed by atoms with Crippen LogP contribution >= 0.6 is 11.6 Å². The van der Waals surface area contributed by atoms with Crippen molar-refractivity contribution in [2.45, 2.75) is 26.8 Å². The molecule has 0 heterocycles. The monoisotopic (exact) mass is 556 g/mol. The van der Waals surface area contributed by atoms with Crippen molar-refractivity contribution in [1.29, 1.82) is 0 Å². The normalized spacial score (nSPS) is 12.4. The van der Waals surface area contributed by atoms with E-state index >= 15 is 0 Å². The lowest BCUT2D eigenvalue weighted by Crippen LogP contribution is -2.46. The predicted molar refractivity (Wildman–Crippen MR) is 151 cm³/mol.